The van der Waals surface area contributed by atoms with Gasteiger partial charge in [0.25, 0.3) is 5.91 Å². The molecule has 2 aromatic rings. The Kier molecular flexibility index (Phi) is 3.52. The molecule has 0 saturated carbocycles. The number of anilines is 1. The number of hydrogen-bond acceptors (Lipinski definition) is 5. The van der Waals surface area contributed by atoms with E-state index in [0.717, 1.165) is 0 Å². The predicted octanol–water partition coefficient (Wildman–Crippen LogP) is 0.763. The first-order chi connectivity index (χ1) is 8.68. The summed E-state index contributed by atoms with van der Waals surface area (Å²) in [5.41, 5.74) is 5.83. The van der Waals surface area contributed by atoms with Gasteiger partial charge in [0, 0.05) is 6.54 Å². The van der Waals surface area contributed by atoms with Gasteiger partial charge in [-0.15, -0.1) is 0 Å². The number of aromatic nitrogens is 2. The normalized spacial score (nSPS) is 10.3. The highest BCUT2D eigenvalue weighted by Gasteiger charge is 2.15. The van der Waals surface area contributed by atoms with Crippen LogP contribution < -0.4 is 11.1 Å². The van der Waals surface area contributed by atoms with Crippen LogP contribution >= 0.6 is 0 Å². The highest BCUT2D eigenvalue weighted by atomic mass is 19.1. The molecule has 0 atom stereocenters. The Balaban J connectivity index is 1.88. The molecule has 1 heterocycles. The van der Waals surface area contributed by atoms with E-state index in [9.17, 15) is 9.18 Å². The lowest BCUT2D eigenvalue weighted by Gasteiger charge is -2.04. The van der Waals surface area contributed by atoms with Crippen molar-refractivity contribution in [3.63, 3.8) is 0 Å². The van der Waals surface area contributed by atoms with Crippen molar-refractivity contribution in [1.82, 2.24) is 15.6 Å². The Morgan fingerprint density at radius 3 is 2.83 bits per heavy atom. The molecule has 94 valence electrons. The second-order valence-electron chi connectivity index (χ2n) is 3.60. The minimum Gasteiger partial charge on any atom is -0.379 e. The first-order valence-electron chi connectivity index (χ1n) is 5.28. The van der Waals surface area contributed by atoms with Crippen LogP contribution in [0.15, 0.2) is 28.9 Å². The number of benzene rings is 1. The maximum Gasteiger partial charge on any atom is 0.277 e. The summed E-state index contributed by atoms with van der Waals surface area (Å²) in [4.78, 5) is 11.6. The lowest BCUT2D eigenvalue weighted by Crippen LogP contribution is -2.26. The van der Waals surface area contributed by atoms with Gasteiger partial charge < -0.3 is 11.1 Å². The monoisotopic (exact) mass is 250 g/mol. The number of halogens is 1. The van der Waals surface area contributed by atoms with E-state index < -0.39 is 5.91 Å². The molecule has 1 aromatic heterocycles. The average Bonchev–Trinajstić information content (AvgIpc) is 2.78. The zero-order valence-corrected chi connectivity index (χ0v) is 9.39. The molecule has 1 aromatic carbocycles. The summed E-state index contributed by atoms with van der Waals surface area (Å²) in [6, 6.07) is 6.38. The third-order valence-corrected chi connectivity index (χ3v) is 2.37. The van der Waals surface area contributed by atoms with Crippen LogP contribution in [-0.2, 0) is 6.42 Å². The molecule has 3 N–H and O–H groups in total. The third-order valence-electron chi connectivity index (χ3n) is 2.37. The molecule has 18 heavy (non-hydrogen) atoms. The van der Waals surface area contributed by atoms with E-state index in [1.807, 2.05) is 0 Å². The number of nitrogens with zero attached hydrogens (tertiary/aromatic N) is 2. The average molecular weight is 250 g/mol. The Morgan fingerprint density at radius 1 is 1.39 bits per heavy atom. The van der Waals surface area contributed by atoms with E-state index in [4.69, 9.17) is 5.73 Å². The fraction of sp³-hybridized carbons (Fsp3) is 0.182. The number of amides is 1. The van der Waals surface area contributed by atoms with Crippen LogP contribution in [0, 0.1) is 5.82 Å². The minimum absolute atomic E-state index is 0.0662. The topological polar surface area (TPSA) is 94.0 Å². The molecule has 0 radical (unpaired) electrons. The van der Waals surface area contributed by atoms with Crippen LogP contribution in [0.3, 0.4) is 0 Å². The van der Waals surface area contributed by atoms with Crippen molar-refractivity contribution in [2.75, 3.05) is 12.3 Å². The lowest BCUT2D eigenvalue weighted by molar-refractivity contribution is 0.0945. The molecule has 7 heteroatoms. The molecule has 0 bridgehead atoms. The molecule has 0 aliphatic heterocycles. The summed E-state index contributed by atoms with van der Waals surface area (Å²) >= 11 is 0. The highest BCUT2D eigenvalue weighted by molar-refractivity contribution is 5.95. The molecule has 2 rings (SSSR count). The molecule has 0 aliphatic rings. The molecule has 0 fully saturated rings. The van der Waals surface area contributed by atoms with Gasteiger partial charge >= 0.3 is 0 Å². The summed E-state index contributed by atoms with van der Waals surface area (Å²) in [7, 11) is 0. The van der Waals surface area contributed by atoms with E-state index >= 15 is 0 Å². The van der Waals surface area contributed by atoms with Crippen molar-refractivity contribution in [2.45, 2.75) is 6.42 Å². The molecular weight excluding hydrogens is 239 g/mol. The fourth-order valence-electron chi connectivity index (χ4n) is 1.45. The maximum absolute atomic E-state index is 13.3. The fourth-order valence-corrected chi connectivity index (χ4v) is 1.45. The van der Waals surface area contributed by atoms with Crippen molar-refractivity contribution in [3.05, 3.63) is 41.3 Å². The quantitative estimate of drug-likeness (QED) is 0.835. The van der Waals surface area contributed by atoms with Gasteiger partial charge in [-0.1, -0.05) is 18.2 Å². The number of carbonyl (C=O) groups is 1. The molecule has 0 aliphatic carbocycles. The van der Waals surface area contributed by atoms with Crippen molar-refractivity contribution in [3.8, 4) is 0 Å². The van der Waals surface area contributed by atoms with E-state index in [2.05, 4.69) is 20.3 Å². The van der Waals surface area contributed by atoms with Crippen LogP contribution in [0.1, 0.15) is 16.1 Å². The van der Waals surface area contributed by atoms with Crippen LogP contribution in [0.4, 0.5) is 10.2 Å². The Hall–Kier alpha value is -2.44. The molecular formula is C11H11FN4O2. The molecule has 0 spiro atoms. The summed E-state index contributed by atoms with van der Waals surface area (Å²) in [5, 5.41) is 9.20. The van der Waals surface area contributed by atoms with Gasteiger partial charge in [-0.25, -0.2) is 9.02 Å². The van der Waals surface area contributed by atoms with Crippen LogP contribution in [-0.4, -0.2) is 22.8 Å². The number of rotatable bonds is 4. The van der Waals surface area contributed by atoms with E-state index in [1.54, 1.807) is 18.2 Å². The van der Waals surface area contributed by atoms with Gasteiger partial charge in [0.05, 0.1) is 0 Å². The zero-order valence-electron chi connectivity index (χ0n) is 9.39. The lowest BCUT2D eigenvalue weighted by atomic mass is 10.1. The van der Waals surface area contributed by atoms with Gasteiger partial charge in [-0.2, -0.15) is 0 Å². The van der Waals surface area contributed by atoms with Gasteiger partial charge in [0.2, 0.25) is 11.5 Å². The Bertz CT molecular complexity index is 555. The van der Waals surface area contributed by atoms with E-state index in [-0.39, 0.29) is 23.9 Å². The number of nitrogen functional groups attached to an aromatic ring is 1. The predicted molar refractivity (Wildman–Crippen MR) is 61.1 cm³/mol. The third kappa shape index (κ3) is 2.62. The summed E-state index contributed by atoms with van der Waals surface area (Å²) in [6.45, 7) is 0.270. The van der Waals surface area contributed by atoms with Gasteiger partial charge in [0.1, 0.15) is 5.82 Å². The van der Waals surface area contributed by atoms with E-state index in [0.29, 0.717) is 12.0 Å². The van der Waals surface area contributed by atoms with Crippen molar-refractivity contribution < 1.29 is 13.8 Å². The Labute approximate surface area is 102 Å². The molecule has 1 amide bonds. The SMILES string of the molecule is Nc1nonc1C(=O)NCCc1ccccc1F. The minimum atomic E-state index is -0.495. The summed E-state index contributed by atoms with van der Waals surface area (Å²) in [5.74, 6) is -0.863. The number of nitrogens with two attached hydrogens (primary N) is 1. The summed E-state index contributed by atoms with van der Waals surface area (Å²) in [6.07, 6.45) is 0.379. The molecule has 6 nitrogen and oxygen atoms in total. The second kappa shape index (κ2) is 5.26. The number of hydrogen-bond donors (Lipinski definition) is 2. The van der Waals surface area contributed by atoms with E-state index in [1.165, 1.54) is 6.07 Å². The maximum atomic E-state index is 13.3. The Morgan fingerprint density at radius 2 is 2.17 bits per heavy atom. The molecule has 0 unspecified atom stereocenters. The van der Waals surface area contributed by atoms with Crippen LogP contribution in [0.5, 0.6) is 0 Å². The number of carbonyl (C=O) groups excluding carboxylic acids is 1. The van der Waals surface area contributed by atoms with Gasteiger partial charge in [0.15, 0.2) is 0 Å². The van der Waals surface area contributed by atoms with Crippen molar-refractivity contribution in [2.24, 2.45) is 0 Å². The first-order valence-corrected chi connectivity index (χ1v) is 5.28. The standard InChI is InChI=1S/C11H11FN4O2/c12-8-4-2-1-3-7(8)5-6-14-11(17)9-10(13)16-18-15-9/h1-4H,5-6H2,(H2,13,16)(H,14,17). The van der Waals surface area contributed by atoms with Gasteiger partial charge in [-0.05, 0) is 28.4 Å². The van der Waals surface area contributed by atoms with Crippen LogP contribution in [0.2, 0.25) is 0 Å². The van der Waals surface area contributed by atoms with Crippen molar-refractivity contribution in [1.29, 1.82) is 0 Å². The van der Waals surface area contributed by atoms with Crippen LogP contribution in [0.25, 0.3) is 0 Å². The second-order valence-corrected chi connectivity index (χ2v) is 3.60. The van der Waals surface area contributed by atoms with Crippen molar-refractivity contribution >= 4 is 11.7 Å². The summed E-state index contributed by atoms with van der Waals surface area (Å²) < 4.78 is 17.6. The smallest absolute Gasteiger partial charge is 0.277 e. The first kappa shape index (κ1) is 12.0. The molecule has 0 saturated heterocycles. The highest BCUT2D eigenvalue weighted by Crippen LogP contribution is 2.07. The largest absolute Gasteiger partial charge is 0.379 e. The number of nitrogens with one attached hydrogen (secondary N) is 1. The zero-order chi connectivity index (χ0) is 13.0. The van der Waals surface area contributed by atoms with Gasteiger partial charge in [-0.3, -0.25) is 4.79 Å².